The van der Waals surface area contributed by atoms with E-state index in [2.05, 4.69) is 0 Å². The molecule has 0 bridgehead atoms. The van der Waals surface area contributed by atoms with Crippen LogP contribution in [0, 0.1) is 6.92 Å². The minimum atomic E-state index is -1.14. The molecule has 6 heteroatoms. The van der Waals surface area contributed by atoms with Crippen LogP contribution in [-0.4, -0.2) is 66.7 Å². The van der Waals surface area contributed by atoms with Gasteiger partial charge in [-0.2, -0.15) is 0 Å². The summed E-state index contributed by atoms with van der Waals surface area (Å²) >= 11 is 0. The van der Waals surface area contributed by atoms with E-state index in [4.69, 9.17) is 4.74 Å². The monoisotopic (exact) mass is 334 g/mol. The van der Waals surface area contributed by atoms with Gasteiger partial charge in [0.25, 0.3) is 0 Å². The van der Waals surface area contributed by atoms with Gasteiger partial charge >= 0.3 is 0 Å². The molecular formula is C18H23FN2O3. The molecule has 0 unspecified atom stereocenters. The van der Waals surface area contributed by atoms with E-state index in [1.54, 1.807) is 4.90 Å². The molecular weight excluding hydrogens is 311 g/mol. The number of hydrogen-bond donors (Lipinski definition) is 0. The molecule has 130 valence electrons. The van der Waals surface area contributed by atoms with Crippen LogP contribution in [0.5, 0.6) is 0 Å². The van der Waals surface area contributed by atoms with E-state index in [0.717, 1.165) is 11.1 Å². The quantitative estimate of drug-likeness (QED) is 0.838. The van der Waals surface area contributed by atoms with Crippen LogP contribution in [0.25, 0.3) is 0 Å². The van der Waals surface area contributed by atoms with Crippen LogP contribution >= 0.6 is 0 Å². The largest absolute Gasteiger partial charge is 0.378 e. The Morgan fingerprint density at radius 3 is 2.75 bits per heavy atom. The fourth-order valence-electron chi connectivity index (χ4n) is 3.39. The fourth-order valence-corrected chi connectivity index (χ4v) is 3.39. The molecule has 0 aliphatic carbocycles. The Labute approximate surface area is 141 Å². The van der Waals surface area contributed by atoms with Gasteiger partial charge in [0.15, 0.2) is 0 Å². The summed E-state index contributed by atoms with van der Waals surface area (Å²) < 4.78 is 19.2. The molecule has 2 heterocycles. The van der Waals surface area contributed by atoms with Crippen molar-refractivity contribution in [2.75, 3.05) is 32.8 Å². The van der Waals surface area contributed by atoms with Crippen LogP contribution in [0.2, 0.25) is 0 Å². The highest BCUT2D eigenvalue weighted by Crippen LogP contribution is 2.24. The Hall–Kier alpha value is -1.95. The van der Waals surface area contributed by atoms with Gasteiger partial charge in [0.1, 0.15) is 12.2 Å². The van der Waals surface area contributed by atoms with E-state index in [0.29, 0.717) is 26.3 Å². The van der Waals surface area contributed by atoms with Crippen molar-refractivity contribution in [2.45, 2.75) is 32.0 Å². The first kappa shape index (κ1) is 16.9. The van der Waals surface area contributed by atoms with E-state index >= 15 is 0 Å². The molecule has 1 aromatic rings. The number of rotatable bonds is 3. The molecule has 2 aliphatic heterocycles. The lowest BCUT2D eigenvalue weighted by Gasteiger charge is -2.32. The van der Waals surface area contributed by atoms with Crippen LogP contribution in [-0.2, 0) is 20.7 Å². The smallest absolute Gasteiger partial charge is 0.245 e. The number of aryl methyl sites for hydroxylation is 1. The Kier molecular flexibility index (Phi) is 5.14. The van der Waals surface area contributed by atoms with Gasteiger partial charge < -0.3 is 14.5 Å². The van der Waals surface area contributed by atoms with E-state index in [1.165, 1.54) is 4.90 Å². The number of carbonyl (C=O) groups excluding carboxylic acids is 2. The van der Waals surface area contributed by atoms with E-state index in [-0.39, 0.29) is 31.2 Å². The summed E-state index contributed by atoms with van der Waals surface area (Å²) in [5, 5.41) is 0. The number of amides is 2. The second kappa shape index (κ2) is 7.30. The third-order valence-corrected chi connectivity index (χ3v) is 4.62. The molecule has 24 heavy (non-hydrogen) atoms. The Morgan fingerprint density at radius 1 is 1.29 bits per heavy atom. The Balaban J connectivity index is 1.69. The predicted molar refractivity (Wildman–Crippen MR) is 87.3 cm³/mol. The van der Waals surface area contributed by atoms with E-state index in [1.807, 2.05) is 31.2 Å². The number of benzene rings is 1. The zero-order valence-electron chi connectivity index (χ0n) is 13.9. The van der Waals surface area contributed by atoms with Gasteiger partial charge in [0, 0.05) is 19.5 Å². The summed E-state index contributed by atoms with van der Waals surface area (Å²) in [6.07, 6.45) is -0.849. The molecule has 3 rings (SSSR count). The molecule has 0 spiro atoms. The van der Waals surface area contributed by atoms with Crippen LogP contribution in [0.4, 0.5) is 4.39 Å². The lowest BCUT2D eigenvalue weighted by molar-refractivity contribution is -0.146. The number of halogens is 1. The maximum absolute atomic E-state index is 13.9. The van der Waals surface area contributed by atoms with Crippen LogP contribution in [0.3, 0.4) is 0 Å². The maximum atomic E-state index is 13.9. The van der Waals surface area contributed by atoms with Crippen molar-refractivity contribution in [2.24, 2.45) is 0 Å². The highest BCUT2D eigenvalue weighted by Gasteiger charge is 2.41. The summed E-state index contributed by atoms with van der Waals surface area (Å²) in [7, 11) is 0. The molecule has 2 saturated heterocycles. The normalized spacial score (nSPS) is 24.2. The summed E-state index contributed by atoms with van der Waals surface area (Å²) in [5.74, 6) is -0.344. The Bertz CT molecular complexity index is 616. The topological polar surface area (TPSA) is 49.9 Å². The third kappa shape index (κ3) is 3.75. The highest BCUT2D eigenvalue weighted by atomic mass is 19.1. The van der Waals surface area contributed by atoms with Crippen LogP contribution in [0.15, 0.2) is 24.3 Å². The molecule has 2 atom stereocenters. The second-order valence-electron chi connectivity index (χ2n) is 6.50. The van der Waals surface area contributed by atoms with Crippen molar-refractivity contribution >= 4 is 11.8 Å². The van der Waals surface area contributed by atoms with Crippen molar-refractivity contribution in [1.82, 2.24) is 9.80 Å². The van der Waals surface area contributed by atoms with Crippen LogP contribution in [0.1, 0.15) is 17.5 Å². The number of ether oxygens (including phenoxy) is 1. The minimum Gasteiger partial charge on any atom is -0.378 e. The predicted octanol–water partition coefficient (Wildman–Crippen LogP) is 1.34. The summed E-state index contributed by atoms with van der Waals surface area (Å²) in [5.41, 5.74) is 1.96. The SMILES string of the molecule is Cc1cccc(CC(=O)N2C[C@@H](F)C[C@H]2C(=O)N2CCOCC2)c1. The number of likely N-dealkylation sites (tertiary alicyclic amines) is 1. The van der Waals surface area contributed by atoms with Crippen molar-refractivity contribution < 1.29 is 18.7 Å². The minimum absolute atomic E-state index is 0.00535. The molecule has 2 aliphatic rings. The average molecular weight is 334 g/mol. The molecule has 2 fully saturated rings. The second-order valence-corrected chi connectivity index (χ2v) is 6.50. The van der Waals surface area contributed by atoms with Crippen LogP contribution < -0.4 is 0 Å². The molecule has 0 radical (unpaired) electrons. The Morgan fingerprint density at radius 2 is 2.04 bits per heavy atom. The number of carbonyl (C=O) groups is 2. The van der Waals surface area contributed by atoms with Gasteiger partial charge in [0.05, 0.1) is 26.2 Å². The number of nitrogens with zero attached hydrogens (tertiary/aromatic N) is 2. The van der Waals surface area contributed by atoms with E-state index < -0.39 is 12.2 Å². The molecule has 0 saturated carbocycles. The van der Waals surface area contributed by atoms with Crippen molar-refractivity contribution in [3.63, 3.8) is 0 Å². The lowest BCUT2D eigenvalue weighted by Crippen LogP contribution is -2.51. The summed E-state index contributed by atoms with van der Waals surface area (Å²) in [6, 6.07) is 7.00. The molecule has 0 aromatic heterocycles. The zero-order chi connectivity index (χ0) is 17.1. The average Bonchev–Trinajstić information content (AvgIpc) is 2.97. The van der Waals surface area contributed by atoms with Gasteiger partial charge in [-0.25, -0.2) is 4.39 Å². The van der Waals surface area contributed by atoms with Crippen molar-refractivity contribution in [1.29, 1.82) is 0 Å². The first-order chi connectivity index (χ1) is 11.5. The standard InChI is InChI=1S/C18H23FN2O3/c1-13-3-2-4-14(9-13)10-17(22)21-12-15(19)11-16(21)18(23)20-5-7-24-8-6-20/h2-4,9,15-16H,5-8,10-12H2,1H3/t15-,16-/m0/s1. The molecule has 0 N–H and O–H groups in total. The zero-order valence-corrected chi connectivity index (χ0v) is 13.9. The molecule has 1 aromatic carbocycles. The number of morpholine rings is 1. The highest BCUT2D eigenvalue weighted by molar-refractivity contribution is 5.89. The first-order valence-corrected chi connectivity index (χ1v) is 8.40. The van der Waals surface area contributed by atoms with Gasteiger partial charge in [-0.15, -0.1) is 0 Å². The van der Waals surface area contributed by atoms with Gasteiger partial charge in [-0.3, -0.25) is 9.59 Å². The van der Waals surface area contributed by atoms with Gasteiger partial charge in [0.2, 0.25) is 11.8 Å². The summed E-state index contributed by atoms with van der Waals surface area (Å²) in [4.78, 5) is 28.4. The first-order valence-electron chi connectivity index (χ1n) is 8.40. The van der Waals surface area contributed by atoms with Crippen molar-refractivity contribution in [3.05, 3.63) is 35.4 Å². The van der Waals surface area contributed by atoms with Gasteiger partial charge in [-0.05, 0) is 12.5 Å². The third-order valence-electron chi connectivity index (χ3n) is 4.62. The number of hydrogen-bond acceptors (Lipinski definition) is 3. The van der Waals surface area contributed by atoms with Crippen molar-refractivity contribution in [3.8, 4) is 0 Å². The maximum Gasteiger partial charge on any atom is 0.245 e. The van der Waals surface area contributed by atoms with E-state index in [9.17, 15) is 14.0 Å². The number of alkyl halides is 1. The lowest BCUT2D eigenvalue weighted by atomic mass is 10.1. The molecule has 5 nitrogen and oxygen atoms in total. The summed E-state index contributed by atoms with van der Waals surface area (Å²) in [6.45, 7) is 3.97. The fraction of sp³-hybridized carbons (Fsp3) is 0.556. The van der Waals surface area contributed by atoms with Gasteiger partial charge in [-0.1, -0.05) is 29.8 Å². The molecule has 2 amide bonds.